The first-order valence-electron chi connectivity index (χ1n) is 8.84. The summed E-state index contributed by atoms with van der Waals surface area (Å²) in [5.74, 6) is 0.541. The second-order valence-corrected chi connectivity index (χ2v) is 7.09. The van der Waals surface area contributed by atoms with E-state index in [2.05, 4.69) is 10.9 Å². The molecule has 6 nitrogen and oxygen atoms in total. The molecule has 150 valence electrons. The molecule has 0 radical (unpaired) electrons. The second kappa shape index (κ2) is 10.3. The Balaban J connectivity index is 1.37. The van der Waals surface area contributed by atoms with E-state index in [1.807, 2.05) is 30.3 Å². The minimum atomic E-state index is -0.560. The van der Waals surface area contributed by atoms with Gasteiger partial charge in [-0.1, -0.05) is 18.2 Å². The number of amides is 2. The van der Waals surface area contributed by atoms with Gasteiger partial charge in [-0.15, -0.1) is 11.8 Å². The number of hydrazine groups is 1. The van der Waals surface area contributed by atoms with E-state index in [9.17, 15) is 14.0 Å². The molecule has 1 heterocycles. The number of nitrogens with one attached hydrogen (secondary N) is 2. The molecule has 1 aromatic heterocycles. The van der Waals surface area contributed by atoms with Crippen molar-refractivity contribution in [2.45, 2.75) is 17.9 Å². The summed E-state index contributed by atoms with van der Waals surface area (Å²) in [6.07, 6.45) is 0.191. The van der Waals surface area contributed by atoms with Gasteiger partial charge in [0.2, 0.25) is 5.91 Å². The van der Waals surface area contributed by atoms with Gasteiger partial charge in [0.1, 0.15) is 23.9 Å². The Morgan fingerprint density at radius 1 is 0.966 bits per heavy atom. The molecule has 29 heavy (non-hydrogen) atoms. The molecule has 0 saturated heterocycles. The molecule has 0 aliphatic carbocycles. The molecule has 0 unspecified atom stereocenters. The van der Waals surface area contributed by atoms with Crippen molar-refractivity contribution in [3.05, 3.63) is 84.1 Å². The number of carbonyl (C=O) groups is 2. The lowest BCUT2D eigenvalue weighted by Crippen LogP contribution is -2.41. The summed E-state index contributed by atoms with van der Waals surface area (Å²) in [6, 6.07) is 18.4. The van der Waals surface area contributed by atoms with Crippen LogP contribution >= 0.6 is 11.8 Å². The topological polar surface area (TPSA) is 80.6 Å². The van der Waals surface area contributed by atoms with Gasteiger partial charge in [-0.2, -0.15) is 0 Å². The third-order valence-corrected chi connectivity index (χ3v) is 4.75. The number of para-hydroxylation sites is 1. The maximum atomic E-state index is 12.8. The highest BCUT2D eigenvalue weighted by atomic mass is 32.2. The Bertz CT molecular complexity index is 945. The molecule has 2 N–H and O–H groups in total. The molecule has 2 amide bonds. The summed E-state index contributed by atoms with van der Waals surface area (Å²) in [4.78, 5) is 24.8. The van der Waals surface area contributed by atoms with Crippen molar-refractivity contribution in [1.29, 1.82) is 0 Å². The predicted molar refractivity (Wildman–Crippen MR) is 107 cm³/mol. The Kier molecular flexibility index (Phi) is 7.29. The first kappa shape index (κ1) is 20.5. The fourth-order valence-corrected chi connectivity index (χ4v) is 3.14. The van der Waals surface area contributed by atoms with Crippen LogP contribution in [-0.4, -0.2) is 17.6 Å². The van der Waals surface area contributed by atoms with Crippen LogP contribution in [0.2, 0.25) is 0 Å². The first-order valence-corrected chi connectivity index (χ1v) is 9.83. The summed E-state index contributed by atoms with van der Waals surface area (Å²) in [6.45, 7) is 0.185. The fraction of sp³-hybridized carbons (Fsp3) is 0.143. The Morgan fingerprint density at radius 2 is 1.72 bits per heavy atom. The smallest absolute Gasteiger partial charge is 0.305 e. The van der Waals surface area contributed by atoms with Gasteiger partial charge in [0.15, 0.2) is 5.76 Å². The maximum absolute atomic E-state index is 12.8. The molecule has 0 fully saturated rings. The zero-order valence-electron chi connectivity index (χ0n) is 15.4. The average molecular weight is 414 g/mol. The lowest BCUT2D eigenvalue weighted by Gasteiger charge is -2.06. The fourth-order valence-electron chi connectivity index (χ4n) is 2.29. The van der Waals surface area contributed by atoms with Crippen LogP contribution < -0.4 is 15.6 Å². The molecule has 2 aromatic carbocycles. The maximum Gasteiger partial charge on any atom is 0.305 e. The van der Waals surface area contributed by atoms with Crippen LogP contribution in [0.25, 0.3) is 0 Å². The molecule has 0 aliphatic rings. The van der Waals surface area contributed by atoms with Crippen LogP contribution in [0.4, 0.5) is 4.39 Å². The third kappa shape index (κ3) is 6.69. The number of halogens is 1. The van der Waals surface area contributed by atoms with E-state index in [0.717, 1.165) is 4.90 Å². The predicted octanol–water partition coefficient (Wildman–Crippen LogP) is 3.94. The van der Waals surface area contributed by atoms with E-state index in [1.54, 1.807) is 18.2 Å². The van der Waals surface area contributed by atoms with Gasteiger partial charge in [0.25, 0.3) is 0 Å². The Labute approximate surface area is 171 Å². The minimum absolute atomic E-state index is 0.0673. The third-order valence-electron chi connectivity index (χ3n) is 3.74. The molecule has 0 saturated carbocycles. The zero-order chi connectivity index (χ0) is 20.5. The molecule has 0 aliphatic heterocycles. The standard InChI is InChI=1S/C21H19FN2O4S/c22-15-6-9-18(10-7-15)29-13-12-20(25)23-24-21(26)19-11-8-17(28-19)14-27-16-4-2-1-3-5-16/h1-11H,12-14H2,(H,23,25)(H,24,26). The monoisotopic (exact) mass is 414 g/mol. The SMILES string of the molecule is O=C(CCSc1ccc(F)cc1)NNC(=O)c1ccc(COc2ccccc2)o1. The van der Waals surface area contributed by atoms with E-state index in [4.69, 9.17) is 9.15 Å². The van der Waals surface area contributed by atoms with Crippen molar-refractivity contribution in [1.82, 2.24) is 10.9 Å². The zero-order valence-corrected chi connectivity index (χ0v) is 16.2. The summed E-state index contributed by atoms with van der Waals surface area (Å²) >= 11 is 1.42. The van der Waals surface area contributed by atoms with Crippen LogP contribution in [0.15, 0.2) is 76.0 Å². The van der Waals surface area contributed by atoms with Gasteiger partial charge < -0.3 is 9.15 Å². The van der Waals surface area contributed by atoms with Crippen LogP contribution in [0, 0.1) is 5.82 Å². The highest BCUT2D eigenvalue weighted by Crippen LogP contribution is 2.18. The van der Waals surface area contributed by atoms with Crippen molar-refractivity contribution in [3.8, 4) is 5.75 Å². The lowest BCUT2D eigenvalue weighted by atomic mass is 10.3. The molecule has 3 rings (SSSR count). The van der Waals surface area contributed by atoms with Crippen LogP contribution in [-0.2, 0) is 11.4 Å². The Morgan fingerprint density at radius 3 is 2.48 bits per heavy atom. The van der Waals surface area contributed by atoms with Gasteiger partial charge in [-0.05, 0) is 48.5 Å². The second-order valence-electron chi connectivity index (χ2n) is 5.92. The molecule has 0 bridgehead atoms. The number of furan rings is 1. The van der Waals surface area contributed by atoms with E-state index < -0.39 is 5.91 Å². The van der Waals surface area contributed by atoms with Crippen molar-refractivity contribution >= 4 is 23.6 Å². The highest BCUT2D eigenvalue weighted by Gasteiger charge is 2.12. The number of ether oxygens (including phenoxy) is 1. The van der Waals surface area contributed by atoms with Crippen LogP contribution in [0.1, 0.15) is 22.7 Å². The van der Waals surface area contributed by atoms with Crippen molar-refractivity contribution in [2.24, 2.45) is 0 Å². The van der Waals surface area contributed by atoms with Gasteiger partial charge in [0.05, 0.1) is 0 Å². The summed E-state index contributed by atoms with van der Waals surface area (Å²) in [5.41, 5.74) is 4.65. The van der Waals surface area contributed by atoms with Crippen LogP contribution in [0.5, 0.6) is 5.75 Å². The summed E-state index contributed by atoms with van der Waals surface area (Å²) in [5, 5.41) is 0. The molecule has 8 heteroatoms. The number of thioether (sulfide) groups is 1. The van der Waals surface area contributed by atoms with Crippen molar-refractivity contribution in [2.75, 3.05) is 5.75 Å². The van der Waals surface area contributed by atoms with Crippen molar-refractivity contribution in [3.63, 3.8) is 0 Å². The summed E-state index contributed by atoms with van der Waals surface area (Å²) in [7, 11) is 0. The van der Waals surface area contributed by atoms with E-state index >= 15 is 0 Å². The number of carbonyl (C=O) groups excluding carboxylic acids is 2. The largest absolute Gasteiger partial charge is 0.486 e. The quantitative estimate of drug-likeness (QED) is 0.431. The molecular formula is C21H19FN2O4S. The van der Waals surface area contributed by atoms with Gasteiger partial charge in [-0.3, -0.25) is 20.4 Å². The van der Waals surface area contributed by atoms with E-state index in [0.29, 0.717) is 17.3 Å². The molecule has 3 aromatic rings. The minimum Gasteiger partial charge on any atom is -0.486 e. The van der Waals surface area contributed by atoms with Gasteiger partial charge >= 0.3 is 5.91 Å². The van der Waals surface area contributed by atoms with Gasteiger partial charge in [-0.25, -0.2) is 4.39 Å². The average Bonchev–Trinajstić information content (AvgIpc) is 3.22. The number of rotatable bonds is 8. The molecule has 0 spiro atoms. The first-order chi connectivity index (χ1) is 14.1. The van der Waals surface area contributed by atoms with Crippen LogP contribution in [0.3, 0.4) is 0 Å². The lowest BCUT2D eigenvalue weighted by molar-refractivity contribution is -0.121. The van der Waals surface area contributed by atoms with Crippen molar-refractivity contribution < 1.29 is 23.1 Å². The van der Waals surface area contributed by atoms with Gasteiger partial charge in [0, 0.05) is 17.1 Å². The molecular weight excluding hydrogens is 395 g/mol. The Hall–Kier alpha value is -3.26. The van der Waals surface area contributed by atoms with E-state index in [-0.39, 0.29) is 30.5 Å². The number of hydrogen-bond acceptors (Lipinski definition) is 5. The summed E-state index contributed by atoms with van der Waals surface area (Å²) < 4.78 is 23.8. The molecule has 0 atom stereocenters. The normalized spacial score (nSPS) is 10.4. The van der Waals surface area contributed by atoms with E-state index in [1.165, 1.54) is 30.0 Å². The number of hydrogen-bond donors (Lipinski definition) is 2. The number of benzene rings is 2. The highest BCUT2D eigenvalue weighted by molar-refractivity contribution is 7.99.